The third-order valence-corrected chi connectivity index (χ3v) is 2.26. The maximum Gasteiger partial charge on any atom is 0.363 e. The third-order valence-electron chi connectivity index (χ3n) is 1.67. The first kappa shape index (κ1) is 11.5. The monoisotopic (exact) mass is 231 g/mol. The molecule has 0 aliphatic rings. The molecule has 0 aromatic carbocycles. The quantitative estimate of drug-likeness (QED) is 0.596. The van der Waals surface area contributed by atoms with Crippen molar-refractivity contribution < 1.29 is 14.8 Å². The van der Waals surface area contributed by atoms with Crippen LogP contribution in [0.25, 0.3) is 0 Å². The second-order valence-corrected chi connectivity index (χ2v) is 3.67. The molecule has 1 aromatic rings. The fourth-order valence-corrected chi connectivity index (χ4v) is 1.37. The molecule has 1 rings (SSSR count). The van der Waals surface area contributed by atoms with E-state index in [2.05, 4.69) is 5.10 Å². The Bertz CT molecular complexity index is 358. The third kappa shape index (κ3) is 2.69. The summed E-state index contributed by atoms with van der Waals surface area (Å²) in [5.74, 6) is -0.664. The summed E-state index contributed by atoms with van der Waals surface area (Å²) >= 11 is 1.55. The summed E-state index contributed by atoms with van der Waals surface area (Å²) in [6, 6.07) is 0. The summed E-state index contributed by atoms with van der Waals surface area (Å²) < 4.78 is 1.28. The fourth-order valence-electron chi connectivity index (χ4n) is 0.996. The van der Waals surface area contributed by atoms with Crippen LogP contribution >= 0.6 is 11.8 Å². The predicted octanol–water partition coefficient (Wildman–Crippen LogP) is 0.852. The van der Waals surface area contributed by atoms with E-state index in [1.165, 1.54) is 4.68 Å². The average Bonchev–Trinajstić information content (AvgIpc) is 2.58. The lowest BCUT2D eigenvalue weighted by atomic mass is 10.4. The molecule has 1 heterocycles. The number of nitrogens with zero attached hydrogens (tertiary/aromatic N) is 3. The number of carbonyl (C=O) groups is 1. The molecule has 1 N–H and O–H groups in total. The van der Waals surface area contributed by atoms with Gasteiger partial charge in [0.1, 0.15) is 6.20 Å². The first-order valence-electron chi connectivity index (χ1n) is 4.00. The number of hydrogen-bond acceptors (Lipinski definition) is 5. The van der Waals surface area contributed by atoms with Gasteiger partial charge in [-0.2, -0.15) is 16.9 Å². The minimum Gasteiger partial charge on any atom is -0.476 e. The maximum atomic E-state index is 10.6. The Morgan fingerprint density at radius 3 is 2.87 bits per heavy atom. The number of aryl methyl sites for hydroxylation is 1. The molecule has 0 atom stereocenters. The van der Waals surface area contributed by atoms with Gasteiger partial charge in [0, 0.05) is 5.75 Å². The van der Waals surface area contributed by atoms with E-state index in [0.29, 0.717) is 6.54 Å². The number of nitro groups is 1. The summed E-state index contributed by atoms with van der Waals surface area (Å²) in [6.07, 6.45) is 3.02. The molecule has 82 valence electrons. The number of aromatic nitrogens is 2. The number of hydrogen-bond donors (Lipinski definition) is 1. The van der Waals surface area contributed by atoms with E-state index in [1.807, 2.05) is 6.26 Å². The number of thioether (sulfide) groups is 1. The molecular weight excluding hydrogens is 222 g/mol. The minimum atomic E-state index is -1.38. The highest BCUT2D eigenvalue weighted by Crippen LogP contribution is 2.16. The SMILES string of the molecule is CSCCn1cc([N+](=O)[O-])c(C(=O)O)n1. The van der Waals surface area contributed by atoms with E-state index >= 15 is 0 Å². The van der Waals surface area contributed by atoms with E-state index in [4.69, 9.17) is 5.11 Å². The van der Waals surface area contributed by atoms with Crippen LogP contribution in [0.4, 0.5) is 5.69 Å². The highest BCUT2D eigenvalue weighted by molar-refractivity contribution is 7.98. The summed E-state index contributed by atoms with van der Waals surface area (Å²) in [5.41, 5.74) is -0.982. The zero-order valence-electron chi connectivity index (χ0n) is 7.91. The second kappa shape index (κ2) is 4.78. The van der Waals surface area contributed by atoms with Gasteiger partial charge in [0.05, 0.1) is 11.5 Å². The van der Waals surface area contributed by atoms with Gasteiger partial charge in [-0.05, 0) is 6.26 Å². The van der Waals surface area contributed by atoms with Crippen molar-refractivity contribution in [1.82, 2.24) is 9.78 Å². The first-order valence-corrected chi connectivity index (χ1v) is 5.39. The van der Waals surface area contributed by atoms with E-state index in [0.717, 1.165) is 11.9 Å². The van der Waals surface area contributed by atoms with E-state index in [1.54, 1.807) is 11.8 Å². The molecule has 0 bridgehead atoms. The molecule has 0 aliphatic carbocycles. The lowest BCUT2D eigenvalue weighted by molar-refractivity contribution is -0.385. The first-order chi connectivity index (χ1) is 7.06. The van der Waals surface area contributed by atoms with Crippen molar-refractivity contribution in [2.45, 2.75) is 6.54 Å². The summed E-state index contributed by atoms with van der Waals surface area (Å²) in [4.78, 5) is 20.4. The van der Waals surface area contributed by atoms with Crippen molar-refractivity contribution in [3.8, 4) is 0 Å². The number of carboxylic acids is 1. The Morgan fingerprint density at radius 1 is 1.80 bits per heavy atom. The standard InChI is InChI=1S/C7H9N3O4S/c1-15-3-2-9-4-5(10(13)14)6(8-9)7(11)12/h4H,2-3H2,1H3,(H,11,12). The number of carboxylic acid groups (broad SMARTS) is 1. The molecule has 0 aliphatic heterocycles. The molecule has 0 unspecified atom stereocenters. The van der Waals surface area contributed by atoms with Crippen LogP contribution < -0.4 is 0 Å². The summed E-state index contributed by atoms with van der Waals surface area (Å²) in [5, 5.41) is 22.8. The zero-order chi connectivity index (χ0) is 11.4. The van der Waals surface area contributed by atoms with E-state index in [-0.39, 0.29) is 0 Å². The summed E-state index contributed by atoms with van der Waals surface area (Å²) in [7, 11) is 0. The average molecular weight is 231 g/mol. The van der Waals surface area contributed by atoms with Crippen LogP contribution in [0.3, 0.4) is 0 Å². The molecule has 8 heteroatoms. The van der Waals surface area contributed by atoms with Gasteiger partial charge >= 0.3 is 11.7 Å². The van der Waals surface area contributed by atoms with Gasteiger partial charge in [-0.1, -0.05) is 0 Å². The Balaban J connectivity index is 2.98. The Hall–Kier alpha value is -1.57. The van der Waals surface area contributed by atoms with Crippen molar-refractivity contribution in [3.63, 3.8) is 0 Å². The van der Waals surface area contributed by atoms with Crippen molar-refractivity contribution >= 4 is 23.4 Å². The van der Waals surface area contributed by atoms with Gasteiger partial charge in [0.25, 0.3) is 0 Å². The Kier molecular flexibility index (Phi) is 3.67. The van der Waals surface area contributed by atoms with Gasteiger partial charge in [-0.3, -0.25) is 14.8 Å². The topological polar surface area (TPSA) is 98.3 Å². The van der Waals surface area contributed by atoms with Crippen LogP contribution in [-0.2, 0) is 6.54 Å². The van der Waals surface area contributed by atoms with Crippen molar-refractivity contribution in [2.24, 2.45) is 0 Å². The Labute approximate surface area is 89.2 Å². The smallest absolute Gasteiger partial charge is 0.363 e. The number of aromatic carboxylic acids is 1. The minimum absolute atomic E-state index is 0.454. The lowest BCUT2D eigenvalue weighted by Gasteiger charge is -1.95. The molecule has 0 spiro atoms. The highest BCUT2D eigenvalue weighted by Gasteiger charge is 2.24. The summed E-state index contributed by atoms with van der Waals surface area (Å²) in [6.45, 7) is 0.454. The lowest BCUT2D eigenvalue weighted by Crippen LogP contribution is -2.04. The van der Waals surface area contributed by atoms with Crippen LogP contribution in [-0.4, -0.2) is 37.8 Å². The predicted molar refractivity (Wildman–Crippen MR) is 54.2 cm³/mol. The van der Waals surface area contributed by atoms with Crippen molar-refractivity contribution in [1.29, 1.82) is 0 Å². The van der Waals surface area contributed by atoms with Crippen LogP contribution in [0.1, 0.15) is 10.5 Å². The van der Waals surface area contributed by atoms with E-state index < -0.39 is 22.3 Å². The van der Waals surface area contributed by atoms with Crippen molar-refractivity contribution in [3.05, 3.63) is 22.0 Å². The van der Waals surface area contributed by atoms with E-state index in [9.17, 15) is 14.9 Å². The van der Waals surface area contributed by atoms with Crippen LogP contribution in [0.5, 0.6) is 0 Å². The number of rotatable bonds is 5. The van der Waals surface area contributed by atoms with Gasteiger partial charge < -0.3 is 5.11 Å². The molecule has 7 nitrogen and oxygen atoms in total. The maximum absolute atomic E-state index is 10.6. The normalized spacial score (nSPS) is 10.2. The fraction of sp³-hybridized carbons (Fsp3) is 0.429. The van der Waals surface area contributed by atoms with Gasteiger partial charge in [0.2, 0.25) is 5.69 Å². The van der Waals surface area contributed by atoms with Gasteiger partial charge in [-0.15, -0.1) is 0 Å². The van der Waals surface area contributed by atoms with Gasteiger partial charge in [0.15, 0.2) is 0 Å². The zero-order valence-corrected chi connectivity index (χ0v) is 8.73. The van der Waals surface area contributed by atoms with Crippen LogP contribution in [0.2, 0.25) is 0 Å². The molecule has 0 radical (unpaired) electrons. The molecule has 0 amide bonds. The molecule has 0 saturated carbocycles. The second-order valence-electron chi connectivity index (χ2n) is 2.68. The molecule has 1 aromatic heterocycles. The highest BCUT2D eigenvalue weighted by atomic mass is 32.2. The van der Waals surface area contributed by atoms with Crippen molar-refractivity contribution in [2.75, 3.05) is 12.0 Å². The molecule has 0 saturated heterocycles. The molecule has 15 heavy (non-hydrogen) atoms. The van der Waals surface area contributed by atoms with Crippen LogP contribution in [0.15, 0.2) is 6.20 Å². The Morgan fingerprint density at radius 2 is 2.47 bits per heavy atom. The van der Waals surface area contributed by atoms with Crippen LogP contribution in [0, 0.1) is 10.1 Å². The molecule has 0 fully saturated rings. The van der Waals surface area contributed by atoms with Gasteiger partial charge in [-0.25, -0.2) is 4.79 Å². The molecular formula is C7H9N3O4S. The largest absolute Gasteiger partial charge is 0.476 e.